The number of methoxy groups -OCH3 is 1. The van der Waals surface area contributed by atoms with Gasteiger partial charge in [0.25, 0.3) is 0 Å². The summed E-state index contributed by atoms with van der Waals surface area (Å²) in [5, 5.41) is 8.77. The van der Waals surface area contributed by atoms with E-state index < -0.39 is 5.97 Å². The Morgan fingerprint density at radius 1 is 1.37 bits per heavy atom. The molecule has 0 radical (unpaired) electrons. The van der Waals surface area contributed by atoms with Crippen molar-refractivity contribution in [1.29, 1.82) is 0 Å². The summed E-state index contributed by atoms with van der Waals surface area (Å²) in [7, 11) is 1.62. The van der Waals surface area contributed by atoms with Gasteiger partial charge in [-0.25, -0.2) is 0 Å². The van der Waals surface area contributed by atoms with Crippen LogP contribution in [0.3, 0.4) is 0 Å². The summed E-state index contributed by atoms with van der Waals surface area (Å²) in [6.07, 6.45) is -0.387. The fourth-order valence-electron chi connectivity index (χ4n) is 1.83. The molecule has 0 aliphatic carbocycles. The topological polar surface area (TPSA) is 55.8 Å². The summed E-state index contributed by atoms with van der Waals surface area (Å²) in [4.78, 5) is 10.7. The minimum absolute atomic E-state index is 0.0182. The van der Waals surface area contributed by atoms with Crippen molar-refractivity contribution in [3.05, 3.63) is 23.8 Å². The first-order valence-corrected chi connectivity index (χ1v) is 6.31. The van der Waals surface area contributed by atoms with Crippen LogP contribution in [-0.4, -0.2) is 24.3 Å². The molecule has 0 unspecified atom stereocenters. The van der Waals surface area contributed by atoms with Crippen molar-refractivity contribution in [1.82, 2.24) is 0 Å². The molecule has 4 heteroatoms. The van der Waals surface area contributed by atoms with E-state index in [-0.39, 0.29) is 17.9 Å². The number of benzene rings is 1. The second-order valence-electron chi connectivity index (χ2n) is 5.64. The smallest absolute Gasteiger partial charge is 0.307 e. The van der Waals surface area contributed by atoms with E-state index in [0.29, 0.717) is 5.75 Å². The largest absolute Gasteiger partial charge is 0.497 e. The molecule has 0 saturated carbocycles. The van der Waals surface area contributed by atoms with Gasteiger partial charge in [-0.2, -0.15) is 0 Å². The normalized spacial score (nSPS) is 12.9. The molecule has 0 aliphatic rings. The molecule has 1 aromatic carbocycles. The molecule has 0 aromatic heterocycles. The molecule has 1 rings (SSSR count). The molecule has 0 heterocycles. The lowest BCUT2D eigenvalue weighted by Gasteiger charge is -2.25. The average Bonchev–Trinajstić information content (AvgIpc) is 2.26. The highest BCUT2D eigenvalue weighted by molar-refractivity contribution is 5.67. The van der Waals surface area contributed by atoms with Gasteiger partial charge >= 0.3 is 5.97 Å². The van der Waals surface area contributed by atoms with E-state index in [9.17, 15) is 4.79 Å². The highest BCUT2D eigenvalue weighted by Crippen LogP contribution is 2.35. The number of aliphatic carboxylic acids is 1. The standard InChI is InChI=1S/C15H22O4/c1-10(8-14(16)17)19-13-7-6-11(18-5)9-12(13)15(2,3)4/h6-7,9-10H,8H2,1-5H3,(H,16,17)/t10-/m1/s1. The van der Waals surface area contributed by atoms with Crippen LogP contribution < -0.4 is 9.47 Å². The van der Waals surface area contributed by atoms with Gasteiger partial charge in [-0.05, 0) is 30.5 Å². The Morgan fingerprint density at radius 2 is 2.00 bits per heavy atom. The van der Waals surface area contributed by atoms with Gasteiger partial charge in [0.05, 0.1) is 13.5 Å². The minimum Gasteiger partial charge on any atom is -0.497 e. The van der Waals surface area contributed by atoms with Crippen molar-refractivity contribution in [3.8, 4) is 11.5 Å². The molecule has 106 valence electrons. The Hall–Kier alpha value is -1.71. The maximum Gasteiger partial charge on any atom is 0.307 e. The molecular weight excluding hydrogens is 244 g/mol. The van der Waals surface area contributed by atoms with Gasteiger partial charge in [-0.1, -0.05) is 20.8 Å². The lowest BCUT2D eigenvalue weighted by molar-refractivity contribution is -0.138. The van der Waals surface area contributed by atoms with Gasteiger partial charge in [-0.15, -0.1) is 0 Å². The van der Waals surface area contributed by atoms with Crippen LogP contribution in [-0.2, 0) is 10.2 Å². The maximum atomic E-state index is 10.7. The van der Waals surface area contributed by atoms with Crippen molar-refractivity contribution in [3.63, 3.8) is 0 Å². The third-order valence-electron chi connectivity index (χ3n) is 2.78. The Balaban J connectivity index is 3.03. The average molecular weight is 266 g/mol. The van der Waals surface area contributed by atoms with Crippen LogP contribution in [0, 0.1) is 0 Å². The van der Waals surface area contributed by atoms with Gasteiger partial charge in [0.15, 0.2) is 0 Å². The van der Waals surface area contributed by atoms with Crippen LogP contribution in [0.1, 0.15) is 39.7 Å². The first-order chi connectivity index (χ1) is 8.74. The second-order valence-corrected chi connectivity index (χ2v) is 5.64. The Kier molecular flexibility index (Phi) is 4.81. The quantitative estimate of drug-likeness (QED) is 0.889. The highest BCUT2D eigenvalue weighted by Gasteiger charge is 2.21. The zero-order chi connectivity index (χ0) is 14.6. The molecule has 4 nitrogen and oxygen atoms in total. The molecule has 1 aromatic rings. The van der Waals surface area contributed by atoms with Crippen LogP contribution in [0.2, 0.25) is 0 Å². The fraction of sp³-hybridized carbons (Fsp3) is 0.533. The SMILES string of the molecule is COc1ccc(O[C@H](C)CC(=O)O)c(C(C)(C)C)c1. The first-order valence-electron chi connectivity index (χ1n) is 6.31. The first kappa shape index (κ1) is 15.3. The van der Waals surface area contributed by atoms with Crippen molar-refractivity contribution < 1.29 is 19.4 Å². The number of hydrogen-bond donors (Lipinski definition) is 1. The summed E-state index contributed by atoms with van der Waals surface area (Å²) in [5.74, 6) is 0.614. The fourth-order valence-corrected chi connectivity index (χ4v) is 1.83. The summed E-state index contributed by atoms with van der Waals surface area (Å²) in [6.45, 7) is 7.99. The summed E-state index contributed by atoms with van der Waals surface area (Å²) in [6, 6.07) is 5.58. The molecule has 0 bridgehead atoms. The van der Waals surface area contributed by atoms with Crippen molar-refractivity contribution in [2.24, 2.45) is 0 Å². The van der Waals surface area contributed by atoms with Crippen LogP contribution in [0.15, 0.2) is 18.2 Å². The molecule has 0 amide bonds. The van der Waals surface area contributed by atoms with E-state index in [1.165, 1.54) is 0 Å². The second kappa shape index (κ2) is 5.95. The predicted octanol–water partition coefficient (Wildman–Crippen LogP) is 3.23. The highest BCUT2D eigenvalue weighted by atomic mass is 16.5. The monoisotopic (exact) mass is 266 g/mol. The number of carboxylic acids is 1. The predicted molar refractivity (Wildman–Crippen MR) is 74.0 cm³/mol. The summed E-state index contributed by atoms with van der Waals surface area (Å²) in [5.41, 5.74) is 0.899. The molecule has 19 heavy (non-hydrogen) atoms. The zero-order valence-electron chi connectivity index (χ0n) is 12.2. The Bertz CT molecular complexity index is 446. The molecule has 0 spiro atoms. The van der Waals surface area contributed by atoms with Gasteiger partial charge in [-0.3, -0.25) is 4.79 Å². The van der Waals surface area contributed by atoms with Crippen molar-refractivity contribution >= 4 is 5.97 Å². The zero-order valence-corrected chi connectivity index (χ0v) is 12.2. The molecule has 0 fully saturated rings. The van der Waals surface area contributed by atoms with E-state index in [1.54, 1.807) is 14.0 Å². The van der Waals surface area contributed by atoms with Crippen LogP contribution in [0.5, 0.6) is 11.5 Å². The number of hydrogen-bond acceptors (Lipinski definition) is 3. The number of carbonyl (C=O) groups is 1. The molecule has 0 saturated heterocycles. The third kappa shape index (κ3) is 4.47. The molecule has 0 aliphatic heterocycles. The molecule has 1 atom stereocenters. The lowest BCUT2D eigenvalue weighted by Crippen LogP contribution is -2.20. The number of ether oxygens (including phenoxy) is 2. The van der Waals surface area contributed by atoms with E-state index >= 15 is 0 Å². The minimum atomic E-state index is -0.863. The van der Waals surface area contributed by atoms with Gasteiger partial charge in [0.2, 0.25) is 0 Å². The van der Waals surface area contributed by atoms with Crippen LogP contribution in [0.25, 0.3) is 0 Å². The molecular formula is C15H22O4. The Morgan fingerprint density at radius 3 is 2.47 bits per heavy atom. The van der Waals surface area contributed by atoms with Gasteiger partial charge in [0, 0.05) is 5.56 Å². The Labute approximate surface area is 114 Å². The van der Waals surface area contributed by atoms with E-state index in [2.05, 4.69) is 20.8 Å². The molecule has 1 N–H and O–H groups in total. The van der Waals surface area contributed by atoms with Crippen LogP contribution in [0.4, 0.5) is 0 Å². The van der Waals surface area contributed by atoms with E-state index in [4.69, 9.17) is 14.6 Å². The van der Waals surface area contributed by atoms with Gasteiger partial charge < -0.3 is 14.6 Å². The third-order valence-corrected chi connectivity index (χ3v) is 2.78. The van der Waals surface area contributed by atoms with Gasteiger partial charge in [0.1, 0.15) is 17.6 Å². The number of carboxylic acid groups (broad SMARTS) is 1. The van der Waals surface area contributed by atoms with E-state index in [1.807, 2.05) is 18.2 Å². The van der Waals surface area contributed by atoms with Crippen molar-refractivity contribution in [2.75, 3.05) is 7.11 Å². The van der Waals surface area contributed by atoms with Crippen LogP contribution >= 0.6 is 0 Å². The lowest BCUT2D eigenvalue weighted by atomic mass is 9.86. The summed E-state index contributed by atoms with van der Waals surface area (Å²) < 4.78 is 11.0. The maximum absolute atomic E-state index is 10.7. The summed E-state index contributed by atoms with van der Waals surface area (Å²) >= 11 is 0. The van der Waals surface area contributed by atoms with Crippen molar-refractivity contribution in [2.45, 2.75) is 45.6 Å². The number of rotatable bonds is 5. The van der Waals surface area contributed by atoms with E-state index in [0.717, 1.165) is 11.3 Å².